The van der Waals surface area contributed by atoms with Crippen LogP contribution in [0.2, 0.25) is 0 Å². The molecule has 0 atom stereocenters. The van der Waals surface area contributed by atoms with Crippen LogP contribution >= 0.6 is 0 Å². The summed E-state index contributed by atoms with van der Waals surface area (Å²) in [7, 11) is 0. The number of likely N-dealkylation sites (tertiary alicyclic amines) is 1. The average molecular weight is 238 g/mol. The third-order valence-electron chi connectivity index (χ3n) is 2.67. The first kappa shape index (κ1) is 12.0. The molecule has 2 rings (SSSR count). The normalized spacial score (nSPS) is 16.8. The number of amides is 1. The number of hydrogen-bond acceptors (Lipinski definition) is 2. The molecule has 1 aromatic rings. The summed E-state index contributed by atoms with van der Waals surface area (Å²) in [6.07, 6.45) is 3.69. The molecule has 5 heteroatoms. The van der Waals surface area contributed by atoms with Crippen molar-refractivity contribution >= 4 is 6.09 Å². The fraction of sp³-hybridized carbons (Fsp3) is 0.667. The molecule has 0 radical (unpaired) electrons. The van der Waals surface area contributed by atoms with E-state index in [0.29, 0.717) is 5.92 Å². The Balaban J connectivity index is 1.73. The Hall–Kier alpha value is -1.52. The summed E-state index contributed by atoms with van der Waals surface area (Å²) in [5.41, 5.74) is -0.406. The van der Waals surface area contributed by atoms with Crippen LogP contribution in [0, 0.1) is 5.92 Å². The number of nitrogens with zero attached hydrogens (tertiary/aromatic N) is 2. The van der Waals surface area contributed by atoms with Gasteiger partial charge in [0.1, 0.15) is 5.60 Å². The summed E-state index contributed by atoms with van der Waals surface area (Å²) in [4.78, 5) is 13.4. The first-order valence-electron chi connectivity index (χ1n) is 5.95. The highest BCUT2D eigenvalue weighted by Gasteiger charge is 2.35. The highest BCUT2D eigenvalue weighted by atomic mass is 16.6. The van der Waals surface area contributed by atoms with Gasteiger partial charge in [-0.05, 0) is 20.8 Å². The molecule has 0 saturated carbocycles. The Morgan fingerprint density at radius 3 is 2.76 bits per heavy atom. The van der Waals surface area contributed by atoms with Gasteiger partial charge in [0.2, 0.25) is 0 Å². The van der Waals surface area contributed by atoms with Gasteiger partial charge in [-0.3, -0.25) is 0 Å². The zero-order valence-electron chi connectivity index (χ0n) is 10.6. The summed E-state index contributed by atoms with van der Waals surface area (Å²) in [5, 5.41) is 3.10. The van der Waals surface area contributed by atoms with Crippen molar-refractivity contribution in [3.05, 3.63) is 18.5 Å². The molecule has 1 aliphatic rings. The van der Waals surface area contributed by atoms with Crippen molar-refractivity contribution in [1.29, 1.82) is 0 Å². The van der Waals surface area contributed by atoms with Gasteiger partial charge in [-0.1, -0.05) is 0 Å². The highest BCUT2D eigenvalue weighted by Crippen LogP contribution is 2.19. The van der Waals surface area contributed by atoms with Crippen LogP contribution in [0.5, 0.6) is 0 Å². The van der Waals surface area contributed by atoms with Crippen molar-refractivity contribution < 1.29 is 14.2 Å². The largest absolute Gasteiger partial charge is 0.444 e. The number of carbonyl (C=O) groups is 1. The summed E-state index contributed by atoms with van der Waals surface area (Å²) < 4.78 is 7.32. The smallest absolute Gasteiger partial charge is 0.410 e. The van der Waals surface area contributed by atoms with Gasteiger partial charge in [0, 0.05) is 19.2 Å². The van der Waals surface area contributed by atoms with Crippen molar-refractivity contribution in [2.24, 2.45) is 5.92 Å². The predicted octanol–water partition coefficient (Wildman–Crippen LogP) is 1.17. The fourth-order valence-corrected chi connectivity index (χ4v) is 1.88. The van der Waals surface area contributed by atoms with E-state index in [4.69, 9.17) is 4.74 Å². The Kier molecular flexibility index (Phi) is 3.09. The maximum Gasteiger partial charge on any atom is 0.410 e. The lowest BCUT2D eigenvalue weighted by Gasteiger charge is -2.37. The molecule has 0 aromatic carbocycles. The standard InChI is InChI=1S/C12H19N3O2/c1-12(2,3)17-11(16)14-7-10(8-14)9-15-6-4-5-13-15/h4-6,10H,7-9H2,1-3H3/p+1. The van der Waals surface area contributed by atoms with Crippen LogP contribution in [-0.2, 0) is 11.3 Å². The summed E-state index contributed by atoms with van der Waals surface area (Å²) in [5.74, 6) is 0.520. The Morgan fingerprint density at radius 2 is 2.24 bits per heavy atom. The molecule has 0 spiro atoms. The summed E-state index contributed by atoms with van der Waals surface area (Å²) in [6, 6.07) is 1.96. The van der Waals surface area contributed by atoms with Crippen LogP contribution in [0.4, 0.5) is 4.79 Å². The molecule has 0 unspecified atom stereocenters. The molecule has 1 saturated heterocycles. The van der Waals surface area contributed by atoms with Gasteiger partial charge >= 0.3 is 6.09 Å². The topological polar surface area (TPSA) is 49.2 Å². The van der Waals surface area contributed by atoms with E-state index in [0.717, 1.165) is 19.6 Å². The molecule has 1 aromatic heterocycles. The van der Waals surface area contributed by atoms with Gasteiger partial charge in [-0.25, -0.2) is 4.79 Å². The van der Waals surface area contributed by atoms with E-state index in [1.807, 2.05) is 43.9 Å². The third-order valence-corrected chi connectivity index (χ3v) is 2.67. The van der Waals surface area contributed by atoms with Crippen LogP contribution < -0.4 is 4.68 Å². The van der Waals surface area contributed by atoms with Crippen molar-refractivity contribution in [3.8, 4) is 0 Å². The lowest BCUT2D eigenvalue weighted by Crippen LogP contribution is -2.56. The summed E-state index contributed by atoms with van der Waals surface area (Å²) >= 11 is 0. The van der Waals surface area contributed by atoms with Crippen LogP contribution in [0.15, 0.2) is 18.5 Å². The Morgan fingerprint density at radius 1 is 1.53 bits per heavy atom. The van der Waals surface area contributed by atoms with Gasteiger partial charge in [0.05, 0.1) is 12.1 Å². The molecule has 1 fully saturated rings. The quantitative estimate of drug-likeness (QED) is 0.786. The van der Waals surface area contributed by atoms with E-state index in [9.17, 15) is 4.79 Å². The first-order valence-corrected chi connectivity index (χ1v) is 5.95. The average Bonchev–Trinajstić information content (AvgIpc) is 2.59. The molecule has 5 nitrogen and oxygen atoms in total. The van der Waals surface area contributed by atoms with Crippen molar-refractivity contribution in [3.63, 3.8) is 0 Å². The lowest BCUT2D eigenvalue weighted by molar-refractivity contribution is -0.756. The molecule has 94 valence electrons. The second kappa shape index (κ2) is 4.39. The van der Waals surface area contributed by atoms with E-state index >= 15 is 0 Å². The molecule has 0 aliphatic carbocycles. The number of H-pyrrole nitrogens is 1. The molecular weight excluding hydrogens is 218 g/mol. The zero-order valence-corrected chi connectivity index (χ0v) is 10.6. The fourth-order valence-electron chi connectivity index (χ4n) is 1.88. The van der Waals surface area contributed by atoms with Crippen LogP contribution in [0.1, 0.15) is 20.8 Å². The number of hydrogen-bond donors (Lipinski definition) is 1. The monoisotopic (exact) mass is 238 g/mol. The first-order chi connectivity index (χ1) is 7.94. The van der Waals surface area contributed by atoms with E-state index < -0.39 is 5.60 Å². The maximum atomic E-state index is 11.7. The lowest BCUT2D eigenvalue weighted by atomic mass is 10.0. The Labute approximate surface area is 101 Å². The van der Waals surface area contributed by atoms with E-state index in [1.165, 1.54) is 0 Å². The number of rotatable bonds is 2. The molecular formula is C12H20N3O2+. The van der Waals surface area contributed by atoms with Gasteiger partial charge in [-0.15, -0.1) is 4.68 Å². The van der Waals surface area contributed by atoms with Crippen molar-refractivity contribution in [1.82, 2.24) is 10.00 Å². The maximum absolute atomic E-state index is 11.7. The minimum absolute atomic E-state index is 0.203. The van der Waals surface area contributed by atoms with Crippen molar-refractivity contribution in [2.75, 3.05) is 13.1 Å². The van der Waals surface area contributed by atoms with Gasteiger partial charge in [0.15, 0.2) is 12.7 Å². The van der Waals surface area contributed by atoms with Crippen LogP contribution in [0.25, 0.3) is 0 Å². The minimum atomic E-state index is -0.406. The van der Waals surface area contributed by atoms with Crippen molar-refractivity contribution in [2.45, 2.75) is 32.9 Å². The minimum Gasteiger partial charge on any atom is -0.444 e. The SMILES string of the molecule is CC(C)(C)OC(=O)N1CC(C[n+]2ccc[nH]2)C1. The molecule has 0 bridgehead atoms. The van der Waals surface area contributed by atoms with E-state index in [1.54, 1.807) is 4.90 Å². The number of ether oxygens (including phenoxy) is 1. The van der Waals surface area contributed by atoms with Gasteiger partial charge in [-0.2, -0.15) is 5.10 Å². The van der Waals surface area contributed by atoms with Gasteiger partial charge < -0.3 is 9.64 Å². The molecule has 2 heterocycles. The molecule has 17 heavy (non-hydrogen) atoms. The van der Waals surface area contributed by atoms with Crippen LogP contribution in [0.3, 0.4) is 0 Å². The second-order valence-corrected chi connectivity index (χ2v) is 5.54. The number of carbonyl (C=O) groups excluding carboxylic acids is 1. The highest BCUT2D eigenvalue weighted by molar-refractivity contribution is 5.69. The number of aromatic nitrogens is 2. The third kappa shape index (κ3) is 3.22. The van der Waals surface area contributed by atoms with E-state index in [-0.39, 0.29) is 6.09 Å². The Bertz CT molecular complexity index is 375. The zero-order chi connectivity index (χ0) is 12.5. The van der Waals surface area contributed by atoms with Crippen LogP contribution in [-0.4, -0.2) is 34.8 Å². The molecule has 1 N–H and O–H groups in total. The number of aromatic amines is 1. The van der Waals surface area contributed by atoms with E-state index in [2.05, 4.69) is 5.10 Å². The molecule has 1 amide bonds. The summed E-state index contributed by atoms with van der Waals surface area (Å²) in [6.45, 7) is 8.14. The molecule has 1 aliphatic heterocycles. The van der Waals surface area contributed by atoms with Gasteiger partial charge in [0.25, 0.3) is 0 Å². The number of nitrogens with one attached hydrogen (secondary N) is 1. The second-order valence-electron chi connectivity index (χ2n) is 5.54. The predicted molar refractivity (Wildman–Crippen MR) is 62.3 cm³/mol.